The molecule has 0 spiro atoms. The SMILES string of the molecule is CCC[N+](C)(CC)CCC.CCC[N+](C)(CC)CCC.CCC[N+](C)(CC)CCC.[O-]B([O-])[O-]. The monoisotopic (exact) mass is 492 g/mol. The van der Waals surface area contributed by atoms with E-state index < -0.39 is 7.32 Å². The van der Waals surface area contributed by atoms with E-state index in [1.165, 1.54) is 111 Å². The smallest absolute Gasteiger partial charge is 0.0781 e. The maximum atomic E-state index is 8.42. The first-order valence-corrected chi connectivity index (χ1v) is 14.3. The van der Waals surface area contributed by atoms with E-state index in [1.807, 2.05) is 0 Å². The van der Waals surface area contributed by atoms with Crippen LogP contribution < -0.4 is 15.1 Å². The average molecular weight is 492 g/mol. The maximum Gasteiger partial charge on any atom is 0.0781 e. The van der Waals surface area contributed by atoms with E-state index >= 15 is 0 Å². The molecule has 0 saturated carbocycles. The van der Waals surface area contributed by atoms with Gasteiger partial charge in [-0.3, -0.25) is 7.32 Å². The molecule has 0 aliphatic rings. The lowest BCUT2D eigenvalue weighted by Gasteiger charge is -2.35. The Morgan fingerprint density at radius 1 is 0.382 bits per heavy atom. The molecule has 0 saturated heterocycles. The van der Waals surface area contributed by atoms with Gasteiger partial charge in [-0.2, -0.15) is 0 Å². The first kappa shape index (κ1) is 41.0. The topological polar surface area (TPSA) is 69.2 Å². The summed E-state index contributed by atoms with van der Waals surface area (Å²) in [6.45, 7) is 32.3. The summed E-state index contributed by atoms with van der Waals surface area (Å²) >= 11 is 0. The highest BCUT2D eigenvalue weighted by atomic mass is 16.5. The molecule has 0 atom stereocenters. The summed E-state index contributed by atoms with van der Waals surface area (Å²) in [5, 5.41) is 25.2. The standard InChI is InChI=1S/3C9H22N.BO3/c3*1-5-8-10(4,7-3)9-6-2;2-1(3)4/h3*5-9H2,1-4H3;/q3*+1;-3. The molecule has 0 unspecified atom stereocenters. The molecule has 0 bridgehead atoms. The molecule has 0 amide bonds. The minimum atomic E-state index is -2.92. The Balaban J connectivity index is -0.000000184. The van der Waals surface area contributed by atoms with Crippen molar-refractivity contribution in [3.63, 3.8) is 0 Å². The highest BCUT2D eigenvalue weighted by Gasteiger charge is 2.16. The number of nitrogens with zero attached hydrogens (tertiary/aromatic N) is 3. The minimum Gasteiger partial charge on any atom is -0.907 e. The third-order valence-electron chi connectivity index (χ3n) is 6.87. The van der Waals surface area contributed by atoms with Crippen molar-refractivity contribution >= 4 is 7.32 Å². The highest BCUT2D eigenvalue weighted by Crippen LogP contribution is 2.05. The van der Waals surface area contributed by atoms with E-state index in [0.29, 0.717) is 0 Å². The molecule has 210 valence electrons. The predicted octanol–water partition coefficient (Wildman–Crippen LogP) is 2.87. The summed E-state index contributed by atoms with van der Waals surface area (Å²) in [7, 11) is 4.15. The third kappa shape index (κ3) is 28.1. The van der Waals surface area contributed by atoms with Gasteiger partial charge in [-0.25, -0.2) is 0 Å². The van der Waals surface area contributed by atoms with Gasteiger partial charge >= 0.3 is 0 Å². The van der Waals surface area contributed by atoms with E-state index in [2.05, 4.69) is 83.5 Å². The molecule has 0 fully saturated rings. The predicted molar refractivity (Wildman–Crippen MR) is 147 cm³/mol. The molecule has 7 heteroatoms. The fourth-order valence-electron chi connectivity index (χ4n) is 4.52. The van der Waals surface area contributed by atoms with Crippen molar-refractivity contribution in [2.45, 2.75) is 101 Å². The Labute approximate surface area is 216 Å². The summed E-state index contributed by atoms with van der Waals surface area (Å²) in [5.41, 5.74) is 0. The van der Waals surface area contributed by atoms with Gasteiger partial charge in [0, 0.05) is 0 Å². The molecule has 0 N–H and O–H groups in total. The lowest BCUT2D eigenvalue weighted by atomic mass is 10.3. The molecule has 0 aliphatic carbocycles. The molecule has 0 aromatic rings. The van der Waals surface area contributed by atoms with Gasteiger partial charge in [0.25, 0.3) is 0 Å². The summed E-state index contributed by atoms with van der Waals surface area (Å²) in [6.07, 6.45) is 7.86. The van der Waals surface area contributed by atoms with Crippen LogP contribution >= 0.6 is 0 Å². The second kappa shape index (κ2) is 25.9. The Morgan fingerprint density at radius 3 is 0.559 bits per heavy atom. The Hall–Kier alpha value is -0.175. The number of quaternary nitrogens is 3. The number of hydrogen-bond acceptors (Lipinski definition) is 3. The third-order valence-corrected chi connectivity index (χ3v) is 6.87. The maximum absolute atomic E-state index is 8.42. The molecule has 0 heterocycles. The molecule has 0 aromatic carbocycles. The number of rotatable bonds is 15. The highest BCUT2D eigenvalue weighted by molar-refractivity contribution is 6.24. The van der Waals surface area contributed by atoms with E-state index in [0.717, 1.165) is 0 Å². The summed E-state index contributed by atoms with van der Waals surface area (Å²) in [4.78, 5) is 0. The van der Waals surface area contributed by atoms with E-state index in [-0.39, 0.29) is 0 Å². The van der Waals surface area contributed by atoms with Gasteiger partial charge in [-0.15, -0.1) is 0 Å². The molecular formula is C27H66BN3O3. The van der Waals surface area contributed by atoms with Crippen molar-refractivity contribution in [3.05, 3.63) is 0 Å². The van der Waals surface area contributed by atoms with Crippen molar-refractivity contribution in [1.29, 1.82) is 0 Å². The minimum absolute atomic E-state index is 1.26. The molecule has 34 heavy (non-hydrogen) atoms. The second-order valence-electron chi connectivity index (χ2n) is 10.4. The van der Waals surface area contributed by atoms with Crippen LogP contribution in [0.25, 0.3) is 0 Å². The van der Waals surface area contributed by atoms with Gasteiger partial charge in [-0.05, 0) is 59.3 Å². The first-order chi connectivity index (χ1) is 15.8. The summed E-state index contributed by atoms with van der Waals surface area (Å²) in [5.74, 6) is 0. The van der Waals surface area contributed by atoms with Crippen LogP contribution in [0, 0.1) is 0 Å². The van der Waals surface area contributed by atoms with Gasteiger partial charge in [0.05, 0.1) is 80.0 Å². The van der Waals surface area contributed by atoms with Crippen LogP contribution in [0.15, 0.2) is 0 Å². The summed E-state index contributed by atoms with van der Waals surface area (Å²) < 4.78 is 3.77. The fourth-order valence-corrected chi connectivity index (χ4v) is 4.52. The lowest BCUT2D eigenvalue weighted by molar-refractivity contribution is -0.907. The first-order valence-electron chi connectivity index (χ1n) is 14.3. The Bertz CT molecular complexity index is 326. The molecule has 0 aromatic heterocycles. The Morgan fingerprint density at radius 2 is 0.500 bits per heavy atom. The zero-order chi connectivity index (χ0) is 27.7. The van der Waals surface area contributed by atoms with Crippen LogP contribution in [0.2, 0.25) is 0 Å². The van der Waals surface area contributed by atoms with Gasteiger partial charge in [0.1, 0.15) is 0 Å². The van der Waals surface area contributed by atoms with Crippen molar-refractivity contribution in [2.75, 3.05) is 80.0 Å². The largest absolute Gasteiger partial charge is 0.907 e. The average Bonchev–Trinajstić information content (AvgIpc) is 2.75. The van der Waals surface area contributed by atoms with Crippen molar-refractivity contribution < 1.29 is 28.5 Å². The zero-order valence-electron chi connectivity index (χ0n) is 25.8. The summed E-state index contributed by atoms with van der Waals surface area (Å²) in [6, 6.07) is 0. The van der Waals surface area contributed by atoms with Crippen LogP contribution in [0.3, 0.4) is 0 Å². The molecule has 0 rings (SSSR count). The van der Waals surface area contributed by atoms with Crippen molar-refractivity contribution in [2.24, 2.45) is 0 Å². The van der Waals surface area contributed by atoms with Crippen LogP contribution in [0.1, 0.15) is 101 Å². The molecule has 0 radical (unpaired) electrons. The Kier molecular flexibility index (Phi) is 31.2. The molecule has 6 nitrogen and oxygen atoms in total. The van der Waals surface area contributed by atoms with Gasteiger partial charge in [0.2, 0.25) is 0 Å². The quantitative estimate of drug-likeness (QED) is 0.261. The van der Waals surface area contributed by atoms with Crippen molar-refractivity contribution in [3.8, 4) is 0 Å². The zero-order valence-corrected chi connectivity index (χ0v) is 25.8. The molecule has 0 aliphatic heterocycles. The van der Waals surface area contributed by atoms with Crippen molar-refractivity contribution in [1.82, 2.24) is 0 Å². The van der Waals surface area contributed by atoms with E-state index in [1.54, 1.807) is 0 Å². The molecular weight excluding hydrogens is 425 g/mol. The number of hydrogen-bond donors (Lipinski definition) is 0. The second-order valence-corrected chi connectivity index (χ2v) is 10.4. The van der Waals surface area contributed by atoms with Crippen LogP contribution in [0.5, 0.6) is 0 Å². The van der Waals surface area contributed by atoms with Gasteiger partial charge in [0.15, 0.2) is 0 Å². The van der Waals surface area contributed by atoms with E-state index in [4.69, 9.17) is 15.1 Å². The van der Waals surface area contributed by atoms with Crippen LogP contribution in [0.4, 0.5) is 0 Å². The lowest BCUT2D eigenvalue weighted by Crippen LogP contribution is -2.56. The van der Waals surface area contributed by atoms with Gasteiger partial charge < -0.3 is 28.5 Å². The van der Waals surface area contributed by atoms with Crippen LogP contribution in [-0.4, -0.2) is 101 Å². The normalized spacial score (nSPS) is 11.4. The van der Waals surface area contributed by atoms with Crippen LogP contribution in [-0.2, 0) is 0 Å². The van der Waals surface area contributed by atoms with Gasteiger partial charge in [-0.1, -0.05) is 41.5 Å². The fraction of sp³-hybridized carbons (Fsp3) is 1.00. The van der Waals surface area contributed by atoms with E-state index in [9.17, 15) is 0 Å².